The Morgan fingerprint density at radius 1 is 1.53 bits per heavy atom. The zero-order valence-corrected chi connectivity index (χ0v) is 10.3. The number of nitrogens with two attached hydrogens (primary N) is 2. The number of morpholine rings is 1. The molecule has 1 saturated heterocycles. The zero-order valence-electron chi connectivity index (χ0n) is 10.3. The van der Waals surface area contributed by atoms with Crippen LogP contribution >= 0.6 is 0 Å². The highest BCUT2D eigenvalue weighted by molar-refractivity contribution is 5.94. The van der Waals surface area contributed by atoms with E-state index in [0.717, 1.165) is 0 Å². The third-order valence-corrected chi connectivity index (χ3v) is 3.04. The molecule has 1 aromatic rings. The molecule has 0 spiro atoms. The van der Waals surface area contributed by atoms with Crippen LogP contribution in [0.4, 0.5) is 0 Å². The van der Waals surface area contributed by atoms with E-state index in [9.17, 15) is 9.59 Å². The summed E-state index contributed by atoms with van der Waals surface area (Å²) in [7, 11) is 0. The average Bonchev–Trinajstić information content (AvgIpc) is 2.86. The van der Waals surface area contributed by atoms with Crippen LogP contribution in [0.3, 0.4) is 0 Å². The maximum absolute atomic E-state index is 11.5. The van der Waals surface area contributed by atoms with Gasteiger partial charge in [0.2, 0.25) is 5.91 Å². The minimum atomic E-state index is -0.521. The molecule has 2 rings (SSSR count). The summed E-state index contributed by atoms with van der Waals surface area (Å²) in [4.78, 5) is 24.7. The molecule has 8 heteroatoms. The molecule has 1 fully saturated rings. The standard InChI is InChI=1S/C11H16N4O4/c12-10(16)8-6-18-4-2-15(8)5-9-7(1-3-19-9)11(17)14-13/h1,3,8H,2,4-6,13H2,(H2,12,16)(H,14,17). The molecule has 1 atom stereocenters. The molecule has 2 heterocycles. The SMILES string of the molecule is NNC(=O)c1ccoc1CN1CCOCC1C(N)=O. The van der Waals surface area contributed by atoms with Gasteiger partial charge in [-0.2, -0.15) is 0 Å². The van der Waals surface area contributed by atoms with Crippen LogP contribution in [0.1, 0.15) is 16.1 Å². The lowest BCUT2D eigenvalue weighted by Crippen LogP contribution is -2.52. The summed E-state index contributed by atoms with van der Waals surface area (Å²) in [6, 6.07) is 1.00. The van der Waals surface area contributed by atoms with Gasteiger partial charge in [-0.15, -0.1) is 0 Å². The number of nitrogens with one attached hydrogen (secondary N) is 1. The lowest BCUT2D eigenvalue weighted by atomic mass is 10.1. The van der Waals surface area contributed by atoms with Gasteiger partial charge in [0.1, 0.15) is 11.8 Å². The molecule has 0 radical (unpaired) electrons. The average molecular weight is 268 g/mol. The summed E-state index contributed by atoms with van der Waals surface area (Å²) < 4.78 is 10.5. The van der Waals surface area contributed by atoms with Crippen LogP contribution in [0.2, 0.25) is 0 Å². The summed E-state index contributed by atoms with van der Waals surface area (Å²) in [6.45, 7) is 1.59. The highest BCUT2D eigenvalue weighted by atomic mass is 16.5. The van der Waals surface area contributed by atoms with E-state index >= 15 is 0 Å². The number of nitrogen functional groups attached to an aromatic ring is 1. The lowest BCUT2D eigenvalue weighted by Gasteiger charge is -2.32. The van der Waals surface area contributed by atoms with Crippen LogP contribution in [0.15, 0.2) is 16.7 Å². The first-order valence-electron chi connectivity index (χ1n) is 5.82. The van der Waals surface area contributed by atoms with E-state index in [-0.39, 0.29) is 6.61 Å². The van der Waals surface area contributed by atoms with Crippen LogP contribution in [0, 0.1) is 0 Å². The van der Waals surface area contributed by atoms with E-state index in [4.69, 9.17) is 20.7 Å². The van der Waals surface area contributed by atoms with Gasteiger partial charge >= 0.3 is 0 Å². The Bertz CT molecular complexity index is 473. The highest BCUT2D eigenvalue weighted by Crippen LogP contribution is 2.16. The van der Waals surface area contributed by atoms with Crippen molar-refractivity contribution >= 4 is 11.8 Å². The molecule has 19 heavy (non-hydrogen) atoms. The van der Waals surface area contributed by atoms with Crippen molar-refractivity contribution < 1.29 is 18.7 Å². The molecule has 0 saturated carbocycles. The van der Waals surface area contributed by atoms with Gasteiger partial charge in [-0.05, 0) is 6.07 Å². The highest BCUT2D eigenvalue weighted by Gasteiger charge is 2.29. The van der Waals surface area contributed by atoms with Crippen molar-refractivity contribution in [2.24, 2.45) is 11.6 Å². The first-order valence-corrected chi connectivity index (χ1v) is 5.82. The van der Waals surface area contributed by atoms with Gasteiger partial charge in [-0.1, -0.05) is 0 Å². The normalized spacial score (nSPS) is 20.2. The molecule has 1 aliphatic heterocycles. The third kappa shape index (κ3) is 2.92. The fraction of sp³-hybridized carbons (Fsp3) is 0.455. The summed E-state index contributed by atoms with van der Waals surface area (Å²) >= 11 is 0. The fourth-order valence-corrected chi connectivity index (χ4v) is 2.02. The van der Waals surface area contributed by atoms with Crippen molar-refractivity contribution in [1.82, 2.24) is 10.3 Å². The second-order valence-electron chi connectivity index (χ2n) is 4.19. The quantitative estimate of drug-likeness (QED) is 0.349. The fourth-order valence-electron chi connectivity index (χ4n) is 2.02. The number of hydrogen-bond acceptors (Lipinski definition) is 6. The summed E-state index contributed by atoms with van der Waals surface area (Å²) in [5, 5.41) is 0. The molecule has 1 aliphatic rings. The van der Waals surface area contributed by atoms with Gasteiger partial charge in [0.05, 0.1) is 31.6 Å². The second-order valence-corrected chi connectivity index (χ2v) is 4.19. The smallest absolute Gasteiger partial charge is 0.268 e. The number of carbonyl (C=O) groups is 2. The third-order valence-electron chi connectivity index (χ3n) is 3.04. The van der Waals surface area contributed by atoms with Crippen LogP contribution in [0.5, 0.6) is 0 Å². The number of nitrogens with zero attached hydrogens (tertiary/aromatic N) is 1. The van der Waals surface area contributed by atoms with Gasteiger partial charge in [-0.25, -0.2) is 5.84 Å². The maximum Gasteiger partial charge on any atom is 0.268 e. The van der Waals surface area contributed by atoms with Gasteiger partial charge < -0.3 is 14.9 Å². The van der Waals surface area contributed by atoms with Crippen LogP contribution in [0.25, 0.3) is 0 Å². The number of furan rings is 1. The molecule has 1 unspecified atom stereocenters. The molecule has 1 aromatic heterocycles. The first-order chi connectivity index (χ1) is 9.13. The van der Waals surface area contributed by atoms with E-state index in [2.05, 4.69) is 0 Å². The number of hydrogen-bond donors (Lipinski definition) is 3. The molecule has 104 valence electrons. The van der Waals surface area contributed by atoms with Crippen molar-refractivity contribution in [1.29, 1.82) is 0 Å². The largest absolute Gasteiger partial charge is 0.467 e. The number of rotatable bonds is 4. The van der Waals surface area contributed by atoms with Gasteiger partial charge in [-0.3, -0.25) is 19.9 Å². The molecule has 8 nitrogen and oxygen atoms in total. The predicted molar refractivity (Wildman–Crippen MR) is 64.6 cm³/mol. The summed E-state index contributed by atoms with van der Waals surface area (Å²) in [6.07, 6.45) is 1.40. The number of amides is 2. The number of hydrazine groups is 1. The molecular formula is C11H16N4O4. The lowest BCUT2D eigenvalue weighted by molar-refractivity contribution is -0.129. The zero-order chi connectivity index (χ0) is 13.8. The Hall–Kier alpha value is -1.90. The molecule has 5 N–H and O–H groups in total. The maximum atomic E-state index is 11.5. The van der Waals surface area contributed by atoms with Crippen molar-refractivity contribution in [2.75, 3.05) is 19.8 Å². The van der Waals surface area contributed by atoms with Crippen LogP contribution < -0.4 is 17.0 Å². The van der Waals surface area contributed by atoms with E-state index in [0.29, 0.717) is 31.0 Å². The Labute approximate surface area is 109 Å². The van der Waals surface area contributed by atoms with Crippen molar-refractivity contribution in [3.8, 4) is 0 Å². The van der Waals surface area contributed by atoms with Gasteiger partial charge in [0.25, 0.3) is 5.91 Å². The molecule has 2 amide bonds. The van der Waals surface area contributed by atoms with Crippen molar-refractivity contribution in [3.63, 3.8) is 0 Å². The second kappa shape index (κ2) is 5.83. The molecular weight excluding hydrogens is 252 g/mol. The van der Waals surface area contributed by atoms with Gasteiger partial charge in [0, 0.05) is 6.54 Å². The summed E-state index contributed by atoms with van der Waals surface area (Å²) in [5.74, 6) is 4.63. The van der Waals surface area contributed by atoms with Gasteiger partial charge in [0.15, 0.2) is 0 Å². The number of primary amides is 1. The van der Waals surface area contributed by atoms with E-state index in [1.54, 1.807) is 0 Å². The Morgan fingerprint density at radius 3 is 3.00 bits per heavy atom. The topological polar surface area (TPSA) is 124 Å². The Morgan fingerprint density at radius 2 is 2.32 bits per heavy atom. The predicted octanol–water partition coefficient (Wildman–Crippen LogP) is -1.43. The Balaban J connectivity index is 2.13. The van der Waals surface area contributed by atoms with Crippen molar-refractivity contribution in [3.05, 3.63) is 23.7 Å². The van der Waals surface area contributed by atoms with E-state index in [1.807, 2.05) is 10.3 Å². The van der Waals surface area contributed by atoms with Crippen LogP contribution in [-0.2, 0) is 16.1 Å². The Kier molecular flexibility index (Phi) is 4.15. The molecule has 0 aliphatic carbocycles. The minimum Gasteiger partial charge on any atom is -0.467 e. The van der Waals surface area contributed by atoms with E-state index < -0.39 is 17.9 Å². The molecule has 0 aromatic carbocycles. The van der Waals surface area contributed by atoms with E-state index in [1.165, 1.54) is 12.3 Å². The van der Waals surface area contributed by atoms with Crippen LogP contribution in [-0.4, -0.2) is 42.5 Å². The summed E-state index contributed by atoms with van der Waals surface area (Å²) in [5.41, 5.74) is 7.71. The number of carbonyl (C=O) groups excluding carboxylic acids is 2. The number of ether oxygens (including phenoxy) is 1. The monoisotopic (exact) mass is 268 g/mol. The first kappa shape index (κ1) is 13.5. The van der Waals surface area contributed by atoms with Crippen molar-refractivity contribution in [2.45, 2.75) is 12.6 Å². The minimum absolute atomic E-state index is 0.245. The molecule has 0 bridgehead atoms.